The summed E-state index contributed by atoms with van der Waals surface area (Å²) < 4.78 is 39.1. The van der Waals surface area contributed by atoms with Gasteiger partial charge in [-0.3, -0.25) is 4.79 Å². The van der Waals surface area contributed by atoms with Crippen molar-refractivity contribution in [2.45, 2.75) is 19.0 Å². The summed E-state index contributed by atoms with van der Waals surface area (Å²) in [4.78, 5) is 16.1. The number of nitrogens with one attached hydrogen (secondary N) is 2. The number of pyridine rings is 1. The van der Waals surface area contributed by atoms with E-state index in [2.05, 4.69) is 15.6 Å². The maximum Gasteiger partial charge on any atom is 0.418 e. The van der Waals surface area contributed by atoms with Crippen LogP contribution in [0.5, 0.6) is 0 Å². The Morgan fingerprint density at radius 1 is 0.929 bits per heavy atom. The van der Waals surface area contributed by atoms with E-state index in [-0.39, 0.29) is 17.4 Å². The van der Waals surface area contributed by atoms with Gasteiger partial charge in [0, 0.05) is 6.42 Å². The lowest BCUT2D eigenvalue weighted by Crippen LogP contribution is -2.12. The van der Waals surface area contributed by atoms with Crippen LogP contribution in [0, 0.1) is 0 Å². The zero-order valence-electron chi connectivity index (χ0n) is 14.8. The van der Waals surface area contributed by atoms with E-state index in [1.807, 2.05) is 30.3 Å². The van der Waals surface area contributed by atoms with E-state index in [4.69, 9.17) is 0 Å². The molecule has 2 aromatic carbocycles. The van der Waals surface area contributed by atoms with Gasteiger partial charge in [-0.25, -0.2) is 4.98 Å². The molecule has 0 aliphatic heterocycles. The third kappa shape index (κ3) is 5.33. The molecule has 144 valence electrons. The van der Waals surface area contributed by atoms with Crippen molar-refractivity contribution in [3.05, 3.63) is 84.1 Å². The molecular weight excluding hydrogens is 367 g/mol. The van der Waals surface area contributed by atoms with Gasteiger partial charge < -0.3 is 10.6 Å². The first-order valence-corrected chi connectivity index (χ1v) is 8.65. The van der Waals surface area contributed by atoms with Crippen LogP contribution in [0.15, 0.2) is 72.9 Å². The van der Waals surface area contributed by atoms with Crippen LogP contribution in [0.1, 0.15) is 17.5 Å². The van der Waals surface area contributed by atoms with Gasteiger partial charge in [0.25, 0.3) is 0 Å². The fourth-order valence-corrected chi connectivity index (χ4v) is 2.65. The third-order valence-electron chi connectivity index (χ3n) is 4.03. The van der Waals surface area contributed by atoms with Gasteiger partial charge in [0.05, 0.1) is 23.1 Å². The second kappa shape index (κ2) is 8.56. The molecule has 0 radical (unpaired) electrons. The number of para-hydroxylation sites is 1. The molecule has 0 atom stereocenters. The summed E-state index contributed by atoms with van der Waals surface area (Å²) in [7, 11) is 0. The largest absolute Gasteiger partial charge is 0.418 e. The molecular formula is C21H18F3N3O. The van der Waals surface area contributed by atoms with Crippen molar-refractivity contribution in [2.75, 3.05) is 10.6 Å². The van der Waals surface area contributed by atoms with E-state index in [1.54, 1.807) is 6.07 Å². The number of amides is 1. The van der Waals surface area contributed by atoms with E-state index < -0.39 is 11.7 Å². The first-order valence-electron chi connectivity index (χ1n) is 8.65. The van der Waals surface area contributed by atoms with Crippen LogP contribution >= 0.6 is 0 Å². The standard InChI is InChI=1S/C21H18F3N3O/c22-21(23,24)17-8-4-5-9-18(17)27-19-12-11-16(14-25-19)26-20(28)13-10-15-6-2-1-3-7-15/h1-9,11-12,14H,10,13H2,(H,25,27)(H,26,28). The minimum absolute atomic E-state index is 0.0813. The van der Waals surface area contributed by atoms with Crippen molar-refractivity contribution in [1.29, 1.82) is 0 Å². The van der Waals surface area contributed by atoms with Gasteiger partial charge in [-0.1, -0.05) is 42.5 Å². The number of halogens is 3. The van der Waals surface area contributed by atoms with Crippen LogP contribution in [0.3, 0.4) is 0 Å². The predicted molar refractivity (Wildman–Crippen MR) is 102 cm³/mol. The summed E-state index contributed by atoms with van der Waals surface area (Å²) in [6.45, 7) is 0. The summed E-state index contributed by atoms with van der Waals surface area (Å²) in [5.74, 6) is 0.0905. The van der Waals surface area contributed by atoms with Crippen LogP contribution in [-0.2, 0) is 17.4 Å². The Hall–Kier alpha value is -3.35. The average molecular weight is 385 g/mol. The smallest absolute Gasteiger partial charge is 0.340 e. The van der Waals surface area contributed by atoms with Crippen LogP contribution in [0.2, 0.25) is 0 Å². The van der Waals surface area contributed by atoms with E-state index in [0.717, 1.165) is 11.6 Å². The van der Waals surface area contributed by atoms with Crippen molar-refractivity contribution >= 4 is 23.1 Å². The SMILES string of the molecule is O=C(CCc1ccccc1)Nc1ccc(Nc2ccccc2C(F)(F)F)nc1. The molecule has 2 N–H and O–H groups in total. The number of aromatic nitrogens is 1. The lowest BCUT2D eigenvalue weighted by molar-refractivity contribution is -0.136. The molecule has 3 aromatic rings. The van der Waals surface area contributed by atoms with Crippen molar-refractivity contribution in [3.8, 4) is 0 Å². The molecule has 0 fully saturated rings. The first kappa shape index (κ1) is 19.4. The molecule has 0 saturated heterocycles. The molecule has 0 aliphatic carbocycles. The van der Waals surface area contributed by atoms with Crippen LogP contribution in [-0.4, -0.2) is 10.9 Å². The molecule has 0 bridgehead atoms. The second-order valence-electron chi connectivity index (χ2n) is 6.13. The van der Waals surface area contributed by atoms with Gasteiger partial charge in [0.2, 0.25) is 5.91 Å². The highest BCUT2D eigenvalue weighted by atomic mass is 19.4. The summed E-state index contributed by atoms with van der Waals surface area (Å²) in [5, 5.41) is 5.39. The van der Waals surface area contributed by atoms with Gasteiger partial charge in [0.1, 0.15) is 5.82 Å². The van der Waals surface area contributed by atoms with Crippen molar-refractivity contribution in [2.24, 2.45) is 0 Å². The van der Waals surface area contributed by atoms with Gasteiger partial charge in [-0.15, -0.1) is 0 Å². The summed E-state index contributed by atoms with van der Waals surface area (Å²) >= 11 is 0. The summed E-state index contributed by atoms with van der Waals surface area (Å²) in [6.07, 6.45) is -2.12. The summed E-state index contributed by atoms with van der Waals surface area (Å²) in [5.41, 5.74) is 0.698. The monoisotopic (exact) mass is 385 g/mol. The minimum Gasteiger partial charge on any atom is -0.340 e. The third-order valence-corrected chi connectivity index (χ3v) is 4.03. The molecule has 0 unspecified atom stereocenters. The van der Waals surface area contributed by atoms with Gasteiger partial charge in [-0.05, 0) is 36.2 Å². The number of carbonyl (C=O) groups is 1. The molecule has 1 aromatic heterocycles. The molecule has 1 amide bonds. The average Bonchev–Trinajstić information content (AvgIpc) is 2.68. The Bertz CT molecular complexity index is 926. The fourth-order valence-electron chi connectivity index (χ4n) is 2.65. The maximum atomic E-state index is 13.0. The normalized spacial score (nSPS) is 11.1. The number of nitrogens with zero attached hydrogens (tertiary/aromatic N) is 1. The Balaban J connectivity index is 1.59. The predicted octanol–water partition coefficient (Wildman–Crippen LogP) is 5.42. The maximum absolute atomic E-state index is 13.0. The Labute approximate surface area is 160 Å². The number of hydrogen-bond donors (Lipinski definition) is 2. The highest BCUT2D eigenvalue weighted by Crippen LogP contribution is 2.35. The molecule has 1 heterocycles. The highest BCUT2D eigenvalue weighted by molar-refractivity contribution is 5.90. The fraction of sp³-hybridized carbons (Fsp3) is 0.143. The topological polar surface area (TPSA) is 54.0 Å². The number of rotatable bonds is 6. The van der Waals surface area contributed by atoms with Gasteiger partial charge in [-0.2, -0.15) is 13.2 Å². The molecule has 28 heavy (non-hydrogen) atoms. The van der Waals surface area contributed by atoms with E-state index in [9.17, 15) is 18.0 Å². The minimum atomic E-state index is -4.46. The van der Waals surface area contributed by atoms with Crippen LogP contribution in [0.4, 0.5) is 30.4 Å². The quantitative estimate of drug-likeness (QED) is 0.596. The van der Waals surface area contributed by atoms with Crippen molar-refractivity contribution in [3.63, 3.8) is 0 Å². The first-order chi connectivity index (χ1) is 13.4. The molecule has 7 heteroatoms. The number of hydrogen-bond acceptors (Lipinski definition) is 3. The van der Waals surface area contributed by atoms with Crippen molar-refractivity contribution in [1.82, 2.24) is 4.98 Å². The molecule has 3 rings (SSSR count). The molecule has 0 spiro atoms. The number of aryl methyl sites for hydroxylation is 1. The highest BCUT2D eigenvalue weighted by Gasteiger charge is 2.33. The Kier molecular flexibility index (Phi) is 5.93. The Morgan fingerprint density at radius 3 is 2.32 bits per heavy atom. The second-order valence-corrected chi connectivity index (χ2v) is 6.13. The van der Waals surface area contributed by atoms with E-state index in [1.165, 1.54) is 30.5 Å². The van der Waals surface area contributed by atoms with Crippen LogP contribution < -0.4 is 10.6 Å². The molecule has 0 aliphatic rings. The van der Waals surface area contributed by atoms with Gasteiger partial charge in [0.15, 0.2) is 0 Å². The number of anilines is 3. The molecule has 0 saturated carbocycles. The van der Waals surface area contributed by atoms with E-state index in [0.29, 0.717) is 18.5 Å². The van der Waals surface area contributed by atoms with Crippen LogP contribution in [0.25, 0.3) is 0 Å². The summed E-state index contributed by atoms with van der Waals surface area (Å²) in [6, 6.07) is 17.9. The van der Waals surface area contributed by atoms with Crippen molar-refractivity contribution < 1.29 is 18.0 Å². The number of benzene rings is 2. The zero-order valence-corrected chi connectivity index (χ0v) is 14.8. The lowest BCUT2D eigenvalue weighted by Gasteiger charge is -2.14. The number of alkyl halides is 3. The van der Waals surface area contributed by atoms with E-state index >= 15 is 0 Å². The van der Waals surface area contributed by atoms with Gasteiger partial charge >= 0.3 is 6.18 Å². The zero-order chi connectivity index (χ0) is 20.0. The molecule has 4 nitrogen and oxygen atoms in total. The Morgan fingerprint density at radius 2 is 1.64 bits per heavy atom. The number of carbonyl (C=O) groups excluding carboxylic acids is 1. The lowest BCUT2D eigenvalue weighted by atomic mass is 10.1.